The third-order valence-electron chi connectivity index (χ3n) is 3.64. The third-order valence-corrected chi connectivity index (χ3v) is 5.80. The second kappa shape index (κ2) is 6.26. The van der Waals surface area contributed by atoms with E-state index in [1.54, 1.807) is 18.2 Å². The van der Waals surface area contributed by atoms with Crippen LogP contribution in [0, 0.1) is 16.7 Å². The number of anilines is 1. The minimum absolute atomic E-state index is 0.0718. The van der Waals surface area contributed by atoms with Crippen LogP contribution in [0.3, 0.4) is 0 Å². The van der Waals surface area contributed by atoms with Gasteiger partial charge in [-0.2, -0.15) is 18.4 Å². The Morgan fingerprint density at radius 1 is 1.46 bits per heavy atom. The Kier molecular flexibility index (Phi) is 4.44. The number of benzene rings is 1. The summed E-state index contributed by atoms with van der Waals surface area (Å²) >= 11 is 2.35. The van der Waals surface area contributed by atoms with Crippen LogP contribution in [0.1, 0.15) is 19.3 Å². The van der Waals surface area contributed by atoms with Gasteiger partial charge in [-0.1, -0.05) is 11.8 Å². The summed E-state index contributed by atoms with van der Waals surface area (Å²) in [6.07, 6.45) is -3.89. The second-order valence-corrected chi connectivity index (χ2v) is 7.90. The zero-order chi connectivity index (χ0) is 17.4. The lowest BCUT2D eigenvalue weighted by molar-refractivity contribution is -0.129. The molecule has 0 atom stereocenters. The summed E-state index contributed by atoms with van der Waals surface area (Å²) < 4.78 is 37.9. The van der Waals surface area contributed by atoms with Crippen molar-refractivity contribution in [3.63, 3.8) is 0 Å². The molecule has 2 aromatic rings. The fourth-order valence-electron chi connectivity index (χ4n) is 2.06. The fourth-order valence-corrected chi connectivity index (χ4v) is 4.22. The van der Waals surface area contributed by atoms with Gasteiger partial charge in [0.1, 0.15) is 5.41 Å². The minimum Gasteiger partial charge on any atom is -0.325 e. The van der Waals surface area contributed by atoms with Crippen molar-refractivity contribution in [3.05, 3.63) is 18.2 Å². The number of halogens is 3. The van der Waals surface area contributed by atoms with E-state index in [4.69, 9.17) is 5.26 Å². The number of carbonyl (C=O) groups is 1. The van der Waals surface area contributed by atoms with Crippen molar-refractivity contribution in [3.8, 4) is 6.07 Å². The maximum absolute atomic E-state index is 12.2. The molecule has 1 fully saturated rings. The number of thioether (sulfide) groups is 1. The molecule has 0 radical (unpaired) electrons. The minimum atomic E-state index is -4.17. The first-order chi connectivity index (χ1) is 11.3. The molecule has 1 aromatic heterocycles. The molecule has 3 rings (SSSR count). The predicted molar refractivity (Wildman–Crippen MR) is 86.9 cm³/mol. The normalized spacial score (nSPS) is 15.9. The van der Waals surface area contributed by atoms with Gasteiger partial charge in [-0.25, -0.2) is 4.98 Å². The van der Waals surface area contributed by atoms with E-state index in [0.717, 1.165) is 16.5 Å². The number of alkyl halides is 3. The molecule has 24 heavy (non-hydrogen) atoms. The highest BCUT2D eigenvalue weighted by atomic mass is 32.2. The predicted octanol–water partition coefficient (Wildman–Crippen LogP) is 4.58. The van der Waals surface area contributed by atoms with E-state index in [1.165, 1.54) is 11.3 Å². The highest BCUT2D eigenvalue weighted by Crippen LogP contribution is 2.45. The van der Waals surface area contributed by atoms with Crippen molar-refractivity contribution in [2.75, 3.05) is 11.1 Å². The van der Waals surface area contributed by atoms with Gasteiger partial charge in [-0.05, 0) is 31.0 Å². The van der Waals surface area contributed by atoms with Crippen LogP contribution in [0.25, 0.3) is 10.2 Å². The standard InChI is InChI=1S/C15H12F3N3OS2/c16-15(17,18)5-6-23-13-21-10-2-1-9(7-11(10)24-13)20-12(22)14(8-19)3-4-14/h1-2,7H,3-6H2,(H,20,22). The molecule has 1 amide bonds. The zero-order valence-corrected chi connectivity index (χ0v) is 13.9. The van der Waals surface area contributed by atoms with Crippen LogP contribution in [0.4, 0.5) is 18.9 Å². The number of nitriles is 1. The zero-order valence-electron chi connectivity index (χ0n) is 12.3. The lowest BCUT2D eigenvalue weighted by Gasteiger charge is -2.07. The second-order valence-electron chi connectivity index (χ2n) is 5.52. The summed E-state index contributed by atoms with van der Waals surface area (Å²) in [6.45, 7) is 0. The Labute approximate surface area is 144 Å². The van der Waals surface area contributed by atoms with E-state index in [1.807, 2.05) is 6.07 Å². The van der Waals surface area contributed by atoms with Crippen LogP contribution in [0.2, 0.25) is 0 Å². The molecule has 1 aliphatic rings. The number of hydrogen-bond acceptors (Lipinski definition) is 5. The van der Waals surface area contributed by atoms with Gasteiger partial charge < -0.3 is 5.32 Å². The lowest BCUT2D eigenvalue weighted by atomic mass is 10.1. The number of carbonyl (C=O) groups excluding carboxylic acids is 1. The van der Waals surface area contributed by atoms with E-state index in [2.05, 4.69) is 10.3 Å². The monoisotopic (exact) mass is 371 g/mol. The number of amides is 1. The largest absolute Gasteiger partial charge is 0.389 e. The first kappa shape index (κ1) is 17.0. The molecule has 0 spiro atoms. The molecule has 1 saturated carbocycles. The molecule has 0 saturated heterocycles. The van der Waals surface area contributed by atoms with Gasteiger partial charge in [-0.3, -0.25) is 4.79 Å². The maximum atomic E-state index is 12.2. The van der Waals surface area contributed by atoms with E-state index in [9.17, 15) is 18.0 Å². The number of fused-ring (bicyclic) bond motifs is 1. The van der Waals surface area contributed by atoms with Gasteiger partial charge in [-0.15, -0.1) is 11.3 Å². The van der Waals surface area contributed by atoms with Crippen molar-refractivity contribution in [2.24, 2.45) is 5.41 Å². The van der Waals surface area contributed by atoms with E-state index in [0.29, 0.717) is 28.4 Å². The van der Waals surface area contributed by atoms with Gasteiger partial charge in [0.15, 0.2) is 4.34 Å². The molecule has 4 nitrogen and oxygen atoms in total. The quantitative estimate of drug-likeness (QED) is 0.781. The van der Waals surface area contributed by atoms with Crippen LogP contribution >= 0.6 is 23.1 Å². The number of nitrogens with zero attached hydrogens (tertiary/aromatic N) is 2. The molecule has 1 aromatic carbocycles. The SMILES string of the molecule is N#CC1(C(=O)Nc2ccc3nc(SCCC(F)(F)F)sc3c2)CC1. The molecule has 1 N–H and O–H groups in total. The van der Waals surface area contributed by atoms with Crippen LogP contribution < -0.4 is 5.32 Å². The molecule has 126 valence electrons. The number of aromatic nitrogens is 1. The van der Waals surface area contributed by atoms with Crippen molar-refractivity contribution in [2.45, 2.75) is 29.8 Å². The summed E-state index contributed by atoms with van der Waals surface area (Å²) in [7, 11) is 0. The van der Waals surface area contributed by atoms with Crippen LogP contribution in [-0.4, -0.2) is 22.8 Å². The Hall–Kier alpha value is -1.79. The maximum Gasteiger partial charge on any atom is 0.389 e. The average Bonchev–Trinajstić information content (AvgIpc) is 3.21. The number of rotatable bonds is 5. The van der Waals surface area contributed by atoms with Crippen LogP contribution in [0.5, 0.6) is 0 Å². The average molecular weight is 371 g/mol. The van der Waals surface area contributed by atoms with Crippen molar-refractivity contribution < 1.29 is 18.0 Å². The molecule has 9 heteroatoms. The number of thiazole rings is 1. The summed E-state index contributed by atoms with van der Waals surface area (Å²) in [5.41, 5.74) is 0.333. The van der Waals surface area contributed by atoms with Crippen molar-refractivity contribution >= 4 is 44.9 Å². The van der Waals surface area contributed by atoms with Crippen LogP contribution in [-0.2, 0) is 4.79 Å². The van der Waals surface area contributed by atoms with E-state index < -0.39 is 18.0 Å². The van der Waals surface area contributed by atoms with Crippen molar-refractivity contribution in [1.82, 2.24) is 4.98 Å². The van der Waals surface area contributed by atoms with Gasteiger partial charge in [0, 0.05) is 11.4 Å². The molecule has 0 bridgehead atoms. The van der Waals surface area contributed by atoms with Gasteiger partial charge >= 0.3 is 6.18 Å². The molecule has 1 aliphatic carbocycles. The molecule has 0 aliphatic heterocycles. The van der Waals surface area contributed by atoms with Gasteiger partial charge in [0.25, 0.3) is 0 Å². The summed E-state index contributed by atoms with van der Waals surface area (Å²) in [6, 6.07) is 7.15. The Morgan fingerprint density at radius 2 is 2.21 bits per heavy atom. The number of hydrogen-bond donors (Lipinski definition) is 1. The van der Waals surface area contributed by atoms with Gasteiger partial charge in [0.05, 0.1) is 22.7 Å². The summed E-state index contributed by atoms with van der Waals surface area (Å²) in [5, 5.41) is 11.7. The first-order valence-electron chi connectivity index (χ1n) is 7.14. The molecule has 0 unspecified atom stereocenters. The topological polar surface area (TPSA) is 65.8 Å². The third kappa shape index (κ3) is 3.82. The Bertz CT molecular complexity index is 821. The molecular formula is C15H12F3N3OS2. The Balaban J connectivity index is 1.68. The summed E-state index contributed by atoms with van der Waals surface area (Å²) in [4.78, 5) is 16.3. The highest BCUT2D eigenvalue weighted by Gasteiger charge is 2.50. The summed E-state index contributed by atoms with van der Waals surface area (Å²) in [5.74, 6) is -0.383. The van der Waals surface area contributed by atoms with E-state index >= 15 is 0 Å². The molecular weight excluding hydrogens is 359 g/mol. The number of nitrogens with one attached hydrogen (secondary N) is 1. The van der Waals surface area contributed by atoms with Gasteiger partial charge in [0.2, 0.25) is 5.91 Å². The smallest absolute Gasteiger partial charge is 0.325 e. The van der Waals surface area contributed by atoms with E-state index in [-0.39, 0.29) is 11.7 Å². The lowest BCUT2D eigenvalue weighted by Crippen LogP contribution is -2.22. The molecule has 1 heterocycles. The Morgan fingerprint density at radius 3 is 2.83 bits per heavy atom. The highest BCUT2D eigenvalue weighted by molar-refractivity contribution is 8.01. The fraction of sp³-hybridized carbons (Fsp3) is 0.400. The van der Waals surface area contributed by atoms with Crippen molar-refractivity contribution in [1.29, 1.82) is 5.26 Å². The first-order valence-corrected chi connectivity index (χ1v) is 8.94. The van der Waals surface area contributed by atoms with Crippen LogP contribution in [0.15, 0.2) is 22.5 Å².